The number of carbonyl (C=O) groups is 1. The average Bonchev–Trinajstić information content (AvgIpc) is 2.34. The summed E-state index contributed by atoms with van der Waals surface area (Å²) in [6.45, 7) is 4.05. The van der Waals surface area contributed by atoms with Crippen molar-refractivity contribution in [1.29, 1.82) is 0 Å². The summed E-state index contributed by atoms with van der Waals surface area (Å²) < 4.78 is 0. The zero-order chi connectivity index (χ0) is 14.6. The Morgan fingerprint density at radius 2 is 2.05 bits per heavy atom. The smallest absolute Gasteiger partial charge is 0.251 e. The first-order valence-corrected chi connectivity index (χ1v) is 6.36. The molecular formula is C14H23N3O2. The predicted molar refractivity (Wildman–Crippen MR) is 78.4 cm³/mol. The van der Waals surface area contributed by atoms with Gasteiger partial charge in [0.15, 0.2) is 0 Å². The number of benzene rings is 1. The van der Waals surface area contributed by atoms with E-state index in [-0.39, 0.29) is 18.4 Å². The lowest BCUT2D eigenvalue weighted by Crippen LogP contribution is -2.34. The molecule has 0 aliphatic rings. The van der Waals surface area contributed by atoms with E-state index in [2.05, 4.69) is 5.32 Å². The molecule has 0 fully saturated rings. The lowest BCUT2D eigenvalue weighted by Gasteiger charge is -2.17. The van der Waals surface area contributed by atoms with E-state index in [4.69, 9.17) is 5.73 Å². The third-order valence-corrected chi connectivity index (χ3v) is 3.01. The minimum Gasteiger partial charge on any atom is -0.397 e. The zero-order valence-electron chi connectivity index (χ0n) is 12.0. The largest absolute Gasteiger partial charge is 0.397 e. The van der Waals surface area contributed by atoms with E-state index in [1.165, 1.54) is 0 Å². The van der Waals surface area contributed by atoms with E-state index >= 15 is 0 Å². The van der Waals surface area contributed by atoms with Crippen molar-refractivity contribution < 1.29 is 9.90 Å². The first kappa shape index (κ1) is 15.3. The van der Waals surface area contributed by atoms with Gasteiger partial charge in [0, 0.05) is 26.2 Å². The minimum absolute atomic E-state index is 0.112. The van der Waals surface area contributed by atoms with Gasteiger partial charge in [0.25, 0.3) is 5.91 Å². The Kier molecular flexibility index (Phi) is 5.18. The van der Waals surface area contributed by atoms with Gasteiger partial charge >= 0.3 is 0 Å². The van der Waals surface area contributed by atoms with Crippen LogP contribution in [-0.4, -0.2) is 37.8 Å². The normalized spacial score (nSPS) is 12.3. The van der Waals surface area contributed by atoms with Crippen LogP contribution in [0.5, 0.6) is 0 Å². The molecule has 0 radical (unpaired) electrons. The Bertz CT molecular complexity index is 444. The second-order valence-electron chi connectivity index (χ2n) is 5.19. The molecule has 0 aliphatic carbocycles. The Balaban J connectivity index is 2.70. The second-order valence-corrected chi connectivity index (χ2v) is 5.19. The summed E-state index contributed by atoms with van der Waals surface area (Å²) in [7, 11) is 3.79. The SMILES string of the molecule is CC(C)C(O)CNC(=O)c1ccc(N(C)C)c(N)c1. The summed E-state index contributed by atoms with van der Waals surface area (Å²) >= 11 is 0. The molecule has 19 heavy (non-hydrogen) atoms. The molecule has 106 valence electrons. The second kappa shape index (κ2) is 6.43. The van der Waals surface area contributed by atoms with E-state index in [9.17, 15) is 9.90 Å². The maximum Gasteiger partial charge on any atom is 0.251 e. The van der Waals surface area contributed by atoms with Crippen LogP contribution in [0.3, 0.4) is 0 Å². The van der Waals surface area contributed by atoms with Gasteiger partial charge in [-0.05, 0) is 24.1 Å². The zero-order valence-corrected chi connectivity index (χ0v) is 12.0. The Morgan fingerprint density at radius 1 is 1.42 bits per heavy atom. The highest BCUT2D eigenvalue weighted by Crippen LogP contribution is 2.22. The van der Waals surface area contributed by atoms with E-state index in [0.717, 1.165) is 5.69 Å². The fraction of sp³-hybridized carbons (Fsp3) is 0.500. The van der Waals surface area contributed by atoms with Gasteiger partial charge in [0.2, 0.25) is 0 Å². The van der Waals surface area contributed by atoms with Crippen LogP contribution < -0.4 is 16.0 Å². The number of nitrogen functional groups attached to an aromatic ring is 1. The van der Waals surface area contributed by atoms with Crippen molar-refractivity contribution in [3.63, 3.8) is 0 Å². The quantitative estimate of drug-likeness (QED) is 0.696. The molecule has 1 unspecified atom stereocenters. The molecule has 1 rings (SSSR count). The summed E-state index contributed by atoms with van der Waals surface area (Å²) in [5.74, 6) is -0.113. The number of rotatable bonds is 5. The number of hydrogen-bond acceptors (Lipinski definition) is 4. The van der Waals surface area contributed by atoms with Gasteiger partial charge < -0.3 is 21.1 Å². The molecule has 5 nitrogen and oxygen atoms in total. The number of nitrogens with one attached hydrogen (secondary N) is 1. The standard InChI is InChI=1S/C14H23N3O2/c1-9(2)13(18)8-16-14(19)10-5-6-12(17(3)4)11(15)7-10/h5-7,9,13,18H,8,15H2,1-4H3,(H,16,19). The van der Waals surface area contributed by atoms with Crippen molar-refractivity contribution in [2.45, 2.75) is 20.0 Å². The predicted octanol–water partition coefficient (Wildman–Crippen LogP) is 1.08. The first-order chi connectivity index (χ1) is 8.82. The molecule has 0 saturated heterocycles. The fourth-order valence-corrected chi connectivity index (χ4v) is 1.64. The monoisotopic (exact) mass is 265 g/mol. The lowest BCUT2D eigenvalue weighted by atomic mass is 10.1. The lowest BCUT2D eigenvalue weighted by molar-refractivity contribution is 0.0871. The van der Waals surface area contributed by atoms with Crippen LogP contribution in [-0.2, 0) is 0 Å². The van der Waals surface area contributed by atoms with Gasteiger partial charge in [0.1, 0.15) is 0 Å². The Hall–Kier alpha value is -1.75. The van der Waals surface area contributed by atoms with E-state index < -0.39 is 6.10 Å². The van der Waals surface area contributed by atoms with Crippen molar-refractivity contribution in [2.24, 2.45) is 5.92 Å². The summed E-state index contributed by atoms with van der Waals surface area (Å²) in [5, 5.41) is 12.3. The molecule has 0 saturated carbocycles. The molecule has 0 spiro atoms. The third kappa shape index (κ3) is 4.13. The highest BCUT2D eigenvalue weighted by molar-refractivity contribution is 5.96. The maximum atomic E-state index is 11.9. The maximum absolute atomic E-state index is 11.9. The van der Waals surface area contributed by atoms with Crippen molar-refractivity contribution in [3.8, 4) is 0 Å². The van der Waals surface area contributed by atoms with Crippen LogP contribution >= 0.6 is 0 Å². The summed E-state index contributed by atoms with van der Waals surface area (Å²) in [4.78, 5) is 13.8. The van der Waals surface area contributed by atoms with Gasteiger partial charge in [-0.2, -0.15) is 0 Å². The number of aliphatic hydroxyl groups is 1. The number of aliphatic hydroxyl groups excluding tert-OH is 1. The molecule has 4 N–H and O–H groups in total. The molecule has 1 amide bonds. The molecule has 5 heteroatoms. The Labute approximate surface area is 114 Å². The van der Waals surface area contributed by atoms with Gasteiger partial charge in [-0.25, -0.2) is 0 Å². The van der Waals surface area contributed by atoms with Crippen molar-refractivity contribution in [1.82, 2.24) is 5.32 Å². The number of nitrogens with zero attached hydrogens (tertiary/aromatic N) is 1. The summed E-state index contributed by atoms with van der Waals surface area (Å²) in [6.07, 6.45) is -0.539. The first-order valence-electron chi connectivity index (χ1n) is 6.36. The van der Waals surface area contributed by atoms with Crippen molar-refractivity contribution in [2.75, 3.05) is 31.3 Å². The molecule has 0 aromatic heterocycles. The van der Waals surface area contributed by atoms with Crippen LogP contribution in [0.2, 0.25) is 0 Å². The van der Waals surface area contributed by atoms with Gasteiger partial charge in [-0.3, -0.25) is 4.79 Å². The molecule has 0 heterocycles. The third-order valence-electron chi connectivity index (χ3n) is 3.01. The topological polar surface area (TPSA) is 78.6 Å². The fourth-order valence-electron chi connectivity index (χ4n) is 1.64. The highest BCUT2D eigenvalue weighted by Gasteiger charge is 2.13. The van der Waals surface area contributed by atoms with Crippen LogP contribution in [0, 0.1) is 5.92 Å². The number of hydrogen-bond donors (Lipinski definition) is 3. The highest BCUT2D eigenvalue weighted by atomic mass is 16.3. The van der Waals surface area contributed by atoms with Crippen LogP contribution in [0.4, 0.5) is 11.4 Å². The molecular weight excluding hydrogens is 242 g/mol. The molecule has 0 aliphatic heterocycles. The van der Waals surface area contributed by atoms with Crippen LogP contribution in [0.25, 0.3) is 0 Å². The van der Waals surface area contributed by atoms with E-state index in [1.807, 2.05) is 38.9 Å². The van der Waals surface area contributed by atoms with Gasteiger partial charge in [-0.1, -0.05) is 13.8 Å². The van der Waals surface area contributed by atoms with Crippen LogP contribution in [0.15, 0.2) is 18.2 Å². The van der Waals surface area contributed by atoms with Gasteiger partial charge in [-0.15, -0.1) is 0 Å². The summed E-state index contributed by atoms with van der Waals surface area (Å²) in [6, 6.07) is 5.18. The van der Waals surface area contributed by atoms with E-state index in [0.29, 0.717) is 11.3 Å². The van der Waals surface area contributed by atoms with E-state index in [1.54, 1.807) is 12.1 Å². The number of amides is 1. The molecule has 1 aromatic rings. The number of carbonyl (C=O) groups excluding carboxylic acids is 1. The number of anilines is 2. The van der Waals surface area contributed by atoms with Crippen LogP contribution in [0.1, 0.15) is 24.2 Å². The average molecular weight is 265 g/mol. The summed E-state index contributed by atoms with van der Waals surface area (Å²) in [5.41, 5.74) is 7.82. The van der Waals surface area contributed by atoms with Crippen molar-refractivity contribution in [3.05, 3.63) is 23.8 Å². The van der Waals surface area contributed by atoms with Crippen molar-refractivity contribution >= 4 is 17.3 Å². The van der Waals surface area contributed by atoms with Gasteiger partial charge in [0.05, 0.1) is 17.5 Å². The molecule has 1 aromatic carbocycles. The number of nitrogens with two attached hydrogens (primary N) is 1. The Morgan fingerprint density at radius 3 is 2.53 bits per heavy atom. The molecule has 1 atom stereocenters. The molecule has 0 bridgehead atoms. The minimum atomic E-state index is -0.539.